The number of halogens is 1. The number of aryl methyl sites for hydroxylation is 1. The third-order valence-electron chi connectivity index (χ3n) is 8.63. The van der Waals surface area contributed by atoms with Gasteiger partial charge in [-0.25, -0.2) is 4.98 Å². The lowest BCUT2D eigenvalue weighted by Gasteiger charge is -2.28. The molecule has 0 radical (unpaired) electrons. The minimum atomic E-state index is -0.440. The number of rotatable bonds is 9. The summed E-state index contributed by atoms with van der Waals surface area (Å²) in [4.78, 5) is 36.2. The first kappa shape index (κ1) is 33.3. The quantitative estimate of drug-likeness (QED) is 0.136. The number of benzene rings is 3. The van der Waals surface area contributed by atoms with Gasteiger partial charge in [0.15, 0.2) is 0 Å². The number of nitrogens with zero attached hydrogens (tertiary/aromatic N) is 2. The van der Waals surface area contributed by atoms with E-state index in [9.17, 15) is 14.7 Å². The Morgan fingerprint density at radius 2 is 1.83 bits per heavy atom. The van der Waals surface area contributed by atoms with Crippen molar-refractivity contribution < 1.29 is 24.2 Å². The number of phenolic OH excluding ortho intramolecular Hbond substituents is 1. The summed E-state index contributed by atoms with van der Waals surface area (Å²) in [6, 6.07) is 17.9. The number of alkyl halides is 1. The van der Waals surface area contributed by atoms with Crippen molar-refractivity contribution in [3.05, 3.63) is 89.2 Å². The Balaban J connectivity index is 1.16. The summed E-state index contributed by atoms with van der Waals surface area (Å²) in [5.41, 5.74) is 3.47. The summed E-state index contributed by atoms with van der Waals surface area (Å²) < 4.78 is 12.0. The average Bonchev–Trinajstić information content (AvgIpc) is 3.61. The number of nitrogens with one attached hydrogen (secondary N) is 2. The number of phenols is 1. The van der Waals surface area contributed by atoms with Crippen molar-refractivity contribution >= 4 is 56.6 Å². The number of aromatic hydroxyl groups is 1. The molecule has 9 nitrogen and oxygen atoms in total. The van der Waals surface area contributed by atoms with E-state index in [-0.39, 0.29) is 29.1 Å². The van der Waals surface area contributed by atoms with Crippen molar-refractivity contribution in [3.63, 3.8) is 0 Å². The monoisotopic (exact) mass is 668 g/mol. The molecule has 0 spiro atoms. The van der Waals surface area contributed by atoms with Crippen molar-refractivity contribution in [2.75, 3.05) is 29.2 Å². The molecule has 48 heavy (non-hydrogen) atoms. The van der Waals surface area contributed by atoms with E-state index in [1.807, 2.05) is 59.7 Å². The van der Waals surface area contributed by atoms with Gasteiger partial charge in [0, 0.05) is 47.2 Å². The van der Waals surface area contributed by atoms with Crippen molar-refractivity contribution in [3.8, 4) is 11.5 Å². The Hall–Kier alpha value is -4.60. The van der Waals surface area contributed by atoms with Gasteiger partial charge in [-0.05, 0) is 94.5 Å². The van der Waals surface area contributed by atoms with E-state index in [0.29, 0.717) is 59.5 Å². The highest BCUT2D eigenvalue weighted by atomic mass is 35.5. The third kappa shape index (κ3) is 6.84. The SMILES string of the molecule is Cc1cccc2c(O)cc3c(c12)[C@H](CCl)CN3C(=O)c1cc2cc(NC(=O)c3ccc(OC(C)(C)CCOC(C)(C)C)cc3)ncc2[nH]1. The molecule has 3 N–H and O–H groups in total. The number of hydrogen-bond acceptors (Lipinski definition) is 6. The number of pyridine rings is 1. The zero-order chi connectivity index (χ0) is 34.4. The predicted molar refractivity (Wildman–Crippen MR) is 191 cm³/mol. The molecule has 0 fully saturated rings. The third-order valence-corrected chi connectivity index (χ3v) is 9.00. The van der Waals surface area contributed by atoms with Crippen LogP contribution in [0.4, 0.5) is 11.5 Å². The molecule has 1 aliphatic rings. The summed E-state index contributed by atoms with van der Waals surface area (Å²) in [7, 11) is 0. The van der Waals surface area contributed by atoms with Crippen LogP contribution in [0, 0.1) is 6.92 Å². The Labute approximate surface area is 285 Å². The number of aromatic nitrogens is 2. The number of ether oxygens (including phenoxy) is 2. The van der Waals surface area contributed by atoms with Crippen LogP contribution in [0.1, 0.15) is 78.9 Å². The molecular weight excluding hydrogens is 628 g/mol. The zero-order valence-corrected chi connectivity index (χ0v) is 28.9. The maximum atomic E-state index is 13.9. The molecule has 1 atom stereocenters. The molecule has 5 aromatic rings. The maximum absolute atomic E-state index is 13.9. The lowest BCUT2D eigenvalue weighted by Crippen LogP contribution is -2.32. The molecule has 3 aromatic carbocycles. The summed E-state index contributed by atoms with van der Waals surface area (Å²) in [5.74, 6) is 0.828. The molecule has 0 unspecified atom stereocenters. The number of hydrogen-bond donors (Lipinski definition) is 3. The van der Waals surface area contributed by atoms with Gasteiger partial charge in [-0.3, -0.25) is 9.59 Å². The molecule has 0 saturated heterocycles. The molecule has 2 amide bonds. The number of aromatic amines is 1. The first-order valence-corrected chi connectivity index (χ1v) is 16.6. The van der Waals surface area contributed by atoms with Gasteiger partial charge < -0.3 is 29.8 Å². The topological polar surface area (TPSA) is 117 Å². The fourth-order valence-electron chi connectivity index (χ4n) is 6.21. The fourth-order valence-corrected chi connectivity index (χ4v) is 6.46. The highest BCUT2D eigenvalue weighted by Gasteiger charge is 2.36. The molecule has 250 valence electrons. The lowest BCUT2D eigenvalue weighted by atomic mass is 9.92. The van der Waals surface area contributed by atoms with Gasteiger partial charge in [0.2, 0.25) is 0 Å². The average molecular weight is 669 g/mol. The predicted octanol–water partition coefficient (Wildman–Crippen LogP) is 8.33. The summed E-state index contributed by atoms with van der Waals surface area (Å²) in [6.07, 6.45) is 2.30. The van der Waals surface area contributed by atoms with Crippen molar-refractivity contribution in [2.45, 2.75) is 65.1 Å². The normalized spacial score (nSPS) is 14.8. The molecule has 1 aliphatic heterocycles. The fraction of sp³-hybridized carbons (Fsp3) is 0.342. The van der Waals surface area contributed by atoms with Gasteiger partial charge in [0.25, 0.3) is 11.8 Å². The number of H-pyrrole nitrogens is 1. The van der Waals surface area contributed by atoms with Crippen LogP contribution in [0.2, 0.25) is 0 Å². The second-order valence-corrected chi connectivity index (χ2v) is 14.3. The van der Waals surface area contributed by atoms with Crippen LogP contribution < -0.4 is 15.0 Å². The Morgan fingerprint density at radius 3 is 2.54 bits per heavy atom. The molecule has 2 aromatic heterocycles. The van der Waals surface area contributed by atoms with E-state index < -0.39 is 5.60 Å². The summed E-state index contributed by atoms with van der Waals surface area (Å²) in [6.45, 7) is 13.1. The van der Waals surface area contributed by atoms with Crippen LogP contribution in [0.25, 0.3) is 21.7 Å². The molecule has 10 heteroatoms. The smallest absolute Gasteiger partial charge is 0.274 e. The Bertz CT molecular complexity index is 2010. The standard InChI is InChI=1S/C38H41ClN4O5/c1-22-8-7-9-27-31(44)18-30-34(33(22)27)25(19-39)21-43(30)36(46)28-16-24-17-32(40-20-29(24)41-28)42-35(45)23-10-12-26(13-11-23)48-38(5,6)14-15-47-37(2,3)4/h7-13,16-18,20,25,41,44H,14-15,19,21H2,1-6H3,(H,40,42,45)/t25-/m1/s1. The Morgan fingerprint density at radius 1 is 1.08 bits per heavy atom. The van der Waals surface area contributed by atoms with Crippen molar-refractivity contribution in [1.82, 2.24) is 9.97 Å². The largest absolute Gasteiger partial charge is 0.507 e. The van der Waals surface area contributed by atoms with E-state index in [0.717, 1.165) is 27.3 Å². The number of carbonyl (C=O) groups is 2. The molecule has 3 heterocycles. The maximum Gasteiger partial charge on any atom is 0.274 e. The first-order chi connectivity index (χ1) is 22.7. The van der Waals surface area contributed by atoms with Crippen LogP contribution in [-0.4, -0.2) is 57.1 Å². The van der Waals surface area contributed by atoms with E-state index in [1.54, 1.807) is 53.6 Å². The van der Waals surface area contributed by atoms with Gasteiger partial charge in [-0.15, -0.1) is 11.6 Å². The van der Waals surface area contributed by atoms with E-state index in [4.69, 9.17) is 21.1 Å². The van der Waals surface area contributed by atoms with Crippen molar-refractivity contribution in [1.29, 1.82) is 0 Å². The molecule has 6 rings (SSSR count). The summed E-state index contributed by atoms with van der Waals surface area (Å²) in [5, 5.41) is 16.1. The van der Waals surface area contributed by atoms with E-state index in [1.165, 1.54) is 0 Å². The van der Waals surface area contributed by atoms with Crippen LogP contribution in [-0.2, 0) is 4.74 Å². The number of amides is 2. The molecular formula is C38H41ClN4O5. The number of fused-ring (bicyclic) bond motifs is 4. The van der Waals surface area contributed by atoms with E-state index >= 15 is 0 Å². The second-order valence-electron chi connectivity index (χ2n) is 14.0. The first-order valence-electron chi connectivity index (χ1n) is 16.1. The van der Waals surface area contributed by atoms with Crippen LogP contribution >= 0.6 is 11.6 Å². The van der Waals surface area contributed by atoms with Gasteiger partial charge in [-0.1, -0.05) is 18.2 Å². The molecule has 0 saturated carbocycles. The number of carbonyl (C=O) groups excluding carboxylic acids is 2. The molecule has 0 bridgehead atoms. The summed E-state index contributed by atoms with van der Waals surface area (Å²) >= 11 is 6.41. The molecule has 0 aliphatic carbocycles. The minimum Gasteiger partial charge on any atom is -0.507 e. The Kier molecular flexibility index (Phi) is 8.87. The highest BCUT2D eigenvalue weighted by Crippen LogP contribution is 2.46. The van der Waals surface area contributed by atoms with Gasteiger partial charge >= 0.3 is 0 Å². The zero-order valence-electron chi connectivity index (χ0n) is 28.1. The van der Waals surface area contributed by atoms with E-state index in [2.05, 4.69) is 15.3 Å². The highest BCUT2D eigenvalue weighted by molar-refractivity contribution is 6.19. The van der Waals surface area contributed by atoms with Gasteiger partial charge in [0.1, 0.15) is 28.6 Å². The number of anilines is 2. The van der Waals surface area contributed by atoms with Crippen LogP contribution in [0.3, 0.4) is 0 Å². The van der Waals surface area contributed by atoms with Gasteiger partial charge in [0.05, 0.1) is 29.6 Å². The van der Waals surface area contributed by atoms with Gasteiger partial charge in [-0.2, -0.15) is 0 Å². The van der Waals surface area contributed by atoms with Crippen LogP contribution in [0.5, 0.6) is 11.5 Å². The van der Waals surface area contributed by atoms with Crippen molar-refractivity contribution in [2.24, 2.45) is 0 Å². The second kappa shape index (κ2) is 12.8. The minimum absolute atomic E-state index is 0.0807. The lowest BCUT2D eigenvalue weighted by molar-refractivity contribution is -0.0292. The van der Waals surface area contributed by atoms with Crippen LogP contribution in [0.15, 0.2) is 66.9 Å².